The van der Waals surface area contributed by atoms with E-state index < -0.39 is 11.8 Å². The summed E-state index contributed by atoms with van der Waals surface area (Å²) in [5.74, 6) is -1.57. The molecule has 0 atom stereocenters. The number of benzene rings is 1. The summed E-state index contributed by atoms with van der Waals surface area (Å²) in [5.41, 5.74) is 0.334. The minimum atomic E-state index is -1.12. The summed E-state index contributed by atoms with van der Waals surface area (Å²) in [5, 5.41) is 12.9. The summed E-state index contributed by atoms with van der Waals surface area (Å²) in [6, 6.07) is 6.92. The van der Waals surface area contributed by atoms with Gasteiger partial charge in [0.1, 0.15) is 10.4 Å². The van der Waals surface area contributed by atoms with E-state index in [2.05, 4.69) is 21.0 Å². The molecule has 82 valence electrons. The van der Waals surface area contributed by atoms with E-state index in [1.165, 1.54) is 24.3 Å². The SMILES string of the molecule is O=C(O)c1cc(Br)nn1-c1cccc(F)c1. The number of hydrogen-bond donors (Lipinski definition) is 1. The third kappa shape index (κ3) is 1.96. The Kier molecular flexibility index (Phi) is 2.74. The van der Waals surface area contributed by atoms with Crippen LogP contribution in [0.1, 0.15) is 10.5 Å². The first-order valence-corrected chi connectivity index (χ1v) is 5.12. The second-order valence-corrected chi connectivity index (χ2v) is 3.86. The molecule has 0 amide bonds. The standard InChI is InChI=1S/C10H6BrFN2O2/c11-9-5-8(10(15)16)14(13-9)7-3-1-2-6(12)4-7/h1-5H,(H,15,16). The van der Waals surface area contributed by atoms with Gasteiger partial charge in [0.2, 0.25) is 0 Å². The number of halogens is 2. The van der Waals surface area contributed by atoms with Gasteiger partial charge in [-0.25, -0.2) is 13.9 Å². The third-order valence-corrected chi connectivity index (χ3v) is 2.34. The van der Waals surface area contributed by atoms with Crippen LogP contribution in [0.4, 0.5) is 4.39 Å². The second kappa shape index (κ2) is 4.05. The summed E-state index contributed by atoms with van der Waals surface area (Å²) in [6.07, 6.45) is 0. The minimum Gasteiger partial charge on any atom is -0.477 e. The Bertz CT molecular complexity index is 554. The molecule has 1 aromatic heterocycles. The molecule has 1 heterocycles. The van der Waals surface area contributed by atoms with Gasteiger partial charge >= 0.3 is 5.97 Å². The van der Waals surface area contributed by atoms with Crippen LogP contribution in [-0.4, -0.2) is 20.9 Å². The molecule has 0 aliphatic rings. The summed E-state index contributed by atoms with van der Waals surface area (Å²) >= 11 is 3.08. The molecule has 16 heavy (non-hydrogen) atoms. The number of aromatic nitrogens is 2. The van der Waals surface area contributed by atoms with Crippen molar-refractivity contribution in [1.82, 2.24) is 9.78 Å². The van der Waals surface area contributed by atoms with E-state index in [0.29, 0.717) is 10.3 Å². The molecule has 1 N–H and O–H groups in total. The lowest BCUT2D eigenvalue weighted by molar-refractivity contribution is 0.0687. The van der Waals surface area contributed by atoms with Crippen LogP contribution in [0, 0.1) is 5.82 Å². The van der Waals surface area contributed by atoms with Gasteiger partial charge in [0.25, 0.3) is 0 Å². The molecule has 0 spiro atoms. The van der Waals surface area contributed by atoms with Crippen LogP contribution in [0.2, 0.25) is 0 Å². The zero-order valence-electron chi connectivity index (χ0n) is 7.89. The van der Waals surface area contributed by atoms with Crippen molar-refractivity contribution in [2.24, 2.45) is 0 Å². The molecule has 4 nitrogen and oxygen atoms in total. The van der Waals surface area contributed by atoms with Gasteiger partial charge in [0.15, 0.2) is 5.69 Å². The zero-order chi connectivity index (χ0) is 11.7. The molecule has 0 aliphatic heterocycles. The molecule has 0 radical (unpaired) electrons. The molecular formula is C10H6BrFN2O2. The van der Waals surface area contributed by atoms with Crippen molar-refractivity contribution in [3.05, 3.63) is 46.4 Å². The Labute approximate surface area is 98.4 Å². The highest BCUT2D eigenvalue weighted by Gasteiger charge is 2.14. The molecule has 0 fully saturated rings. The summed E-state index contributed by atoms with van der Waals surface area (Å²) in [6.45, 7) is 0. The topological polar surface area (TPSA) is 55.1 Å². The molecule has 2 rings (SSSR count). The van der Waals surface area contributed by atoms with Crippen LogP contribution in [0.25, 0.3) is 5.69 Å². The summed E-state index contributed by atoms with van der Waals surface area (Å²) < 4.78 is 14.5. The first-order chi connectivity index (χ1) is 7.58. The molecule has 0 aliphatic carbocycles. The number of carboxylic acid groups (broad SMARTS) is 1. The highest BCUT2D eigenvalue weighted by Crippen LogP contribution is 2.17. The summed E-state index contributed by atoms with van der Waals surface area (Å²) in [4.78, 5) is 10.9. The lowest BCUT2D eigenvalue weighted by Crippen LogP contribution is -2.07. The van der Waals surface area contributed by atoms with Crippen molar-refractivity contribution >= 4 is 21.9 Å². The highest BCUT2D eigenvalue weighted by molar-refractivity contribution is 9.10. The number of carbonyl (C=O) groups is 1. The Morgan fingerprint density at radius 1 is 1.44 bits per heavy atom. The van der Waals surface area contributed by atoms with E-state index in [9.17, 15) is 9.18 Å². The van der Waals surface area contributed by atoms with Crippen molar-refractivity contribution in [2.45, 2.75) is 0 Å². The molecular weight excluding hydrogens is 279 g/mol. The molecule has 2 aromatic rings. The summed E-state index contributed by atoms with van der Waals surface area (Å²) in [7, 11) is 0. The fourth-order valence-corrected chi connectivity index (χ4v) is 1.68. The van der Waals surface area contributed by atoms with Crippen molar-refractivity contribution in [1.29, 1.82) is 0 Å². The van der Waals surface area contributed by atoms with Gasteiger partial charge in [0.05, 0.1) is 5.69 Å². The number of rotatable bonds is 2. The van der Waals surface area contributed by atoms with Gasteiger partial charge in [-0.15, -0.1) is 0 Å². The number of carboxylic acids is 1. The van der Waals surface area contributed by atoms with Gasteiger partial charge in [-0.05, 0) is 34.1 Å². The Balaban J connectivity index is 2.59. The van der Waals surface area contributed by atoms with Gasteiger partial charge in [-0.2, -0.15) is 5.10 Å². The maximum atomic E-state index is 13.0. The van der Waals surface area contributed by atoms with Crippen molar-refractivity contribution in [3.63, 3.8) is 0 Å². The zero-order valence-corrected chi connectivity index (χ0v) is 9.48. The van der Waals surface area contributed by atoms with Crippen molar-refractivity contribution in [2.75, 3.05) is 0 Å². The number of hydrogen-bond acceptors (Lipinski definition) is 2. The molecule has 0 unspecified atom stereocenters. The quantitative estimate of drug-likeness (QED) is 0.922. The lowest BCUT2D eigenvalue weighted by atomic mass is 10.3. The first kappa shape index (κ1) is 10.8. The van der Waals surface area contributed by atoms with Crippen LogP contribution in [0.3, 0.4) is 0 Å². The predicted octanol–water partition coefficient (Wildman–Crippen LogP) is 2.47. The monoisotopic (exact) mass is 284 g/mol. The molecule has 0 bridgehead atoms. The van der Waals surface area contributed by atoms with Crippen LogP contribution in [-0.2, 0) is 0 Å². The van der Waals surface area contributed by atoms with E-state index in [4.69, 9.17) is 5.11 Å². The van der Waals surface area contributed by atoms with Crippen LogP contribution in [0.15, 0.2) is 34.9 Å². The van der Waals surface area contributed by atoms with Gasteiger partial charge in [0, 0.05) is 6.07 Å². The van der Waals surface area contributed by atoms with E-state index in [-0.39, 0.29) is 5.69 Å². The second-order valence-electron chi connectivity index (χ2n) is 3.05. The minimum absolute atomic E-state index is 0.0301. The van der Waals surface area contributed by atoms with Gasteiger partial charge in [-0.3, -0.25) is 0 Å². The smallest absolute Gasteiger partial charge is 0.354 e. The average molecular weight is 285 g/mol. The van der Waals surface area contributed by atoms with Gasteiger partial charge in [-0.1, -0.05) is 6.07 Å². The van der Waals surface area contributed by atoms with E-state index >= 15 is 0 Å². The fourth-order valence-electron chi connectivity index (χ4n) is 1.31. The molecule has 1 aromatic carbocycles. The van der Waals surface area contributed by atoms with E-state index in [1.807, 2.05) is 0 Å². The normalized spacial score (nSPS) is 10.4. The molecule has 0 saturated carbocycles. The fraction of sp³-hybridized carbons (Fsp3) is 0. The van der Waals surface area contributed by atoms with E-state index in [0.717, 1.165) is 4.68 Å². The van der Waals surface area contributed by atoms with Crippen LogP contribution >= 0.6 is 15.9 Å². The first-order valence-electron chi connectivity index (χ1n) is 4.33. The van der Waals surface area contributed by atoms with Crippen molar-refractivity contribution < 1.29 is 14.3 Å². The highest BCUT2D eigenvalue weighted by atomic mass is 79.9. The Morgan fingerprint density at radius 2 is 2.19 bits per heavy atom. The Hall–Kier alpha value is -1.69. The largest absolute Gasteiger partial charge is 0.477 e. The number of aromatic carboxylic acids is 1. The van der Waals surface area contributed by atoms with Gasteiger partial charge < -0.3 is 5.11 Å². The van der Waals surface area contributed by atoms with Crippen LogP contribution < -0.4 is 0 Å². The van der Waals surface area contributed by atoms with Crippen molar-refractivity contribution in [3.8, 4) is 5.69 Å². The average Bonchev–Trinajstić information content (AvgIpc) is 2.60. The van der Waals surface area contributed by atoms with Crippen LogP contribution in [0.5, 0.6) is 0 Å². The molecule has 0 saturated heterocycles. The predicted molar refractivity (Wildman–Crippen MR) is 58.2 cm³/mol. The maximum Gasteiger partial charge on any atom is 0.354 e. The lowest BCUT2D eigenvalue weighted by Gasteiger charge is -2.03. The third-order valence-electron chi connectivity index (χ3n) is 1.95. The van der Waals surface area contributed by atoms with E-state index in [1.54, 1.807) is 6.07 Å². The maximum absolute atomic E-state index is 13.0. The number of nitrogens with zero attached hydrogens (tertiary/aromatic N) is 2. The Morgan fingerprint density at radius 3 is 2.81 bits per heavy atom. The molecule has 6 heteroatoms.